The Morgan fingerprint density at radius 3 is 2.41 bits per heavy atom. The fourth-order valence-corrected chi connectivity index (χ4v) is 3.45. The van der Waals surface area contributed by atoms with Gasteiger partial charge in [-0.25, -0.2) is 4.21 Å². The van der Waals surface area contributed by atoms with Crippen LogP contribution < -0.4 is 0 Å². The van der Waals surface area contributed by atoms with Gasteiger partial charge >= 0.3 is 0 Å². The summed E-state index contributed by atoms with van der Waals surface area (Å²) in [6.07, 6.45) is 6.96. The van der Waals surface area contributed by atoms with Gasteiger partial charge in [0.15, 0.2) is 0 Å². The van der Waals surface area contributed by atoms with Gasteiger partial charge in [0.1, 0.15) is 11.0 Å². The van der Waals surface area contributed by atoms with E-state index in [9.17, 15) is 4.21 Å². The molecule has 0 amide bonds. The predicted octanol–water partition coefficient (Wildman–Crippen LogP) is 2.39. The van der Waals surface area contributed by atoms with Crippen LogP contribution in [0.4, 0.5) is 0 Å². The van der Waals surface area contributed by atoms with E-state index in [0.717, 1.165) is 5.92 Å². The standard InChI is InChI=1S/C13H24N2OS/c1-12(2,3)17(16)14-10-13-7-5-11(6-8-13)9-15(13)4/h10-11H,5-9H2,1-4H3/b14-10+. The maximum Gasteiger partial charge on any atom is 0.144 e. The van der Waals surface area contributed by atoms with Crippen molar-refractivity contribution in [2.45, 2.75) is 56.7 Å². The average Bonchev–Trinajstić information content (AvgIpc) is 2.26. The zero-order chi connectivity index (χ0) is 12.7. The Balaban J connectivity index is 2.11. The Labute approximate surface area is 107 Å². The third-order valence-corrected chi connectivity index (χ3v) is 5.52. The molecule has 0 N–H and O–H groups in total. The van der Waals surface area contributed by atoms with E-state index < -0.39 is 11.0 Å². The molecule has 98 valence electrons. The van der Waals surface area contributed by atoms with Gasteiger partial charge < -0.3 is 0 Å². The summed E-state index contributed by atoms with van der Waals surface area (Å²) in [5.41, 5.74) is 0.0929. The summed E-state index contributed by atoms with van der Waals surface area (Å²) in [6.45, 7) is 7.09. The zero-order valence-electron chi connectivity index (χ0n) is 11.4. The number of nitrogens with zero attached hydrogens (tertiary/aromatic N) is 2. The molecule has 3 fully saturated rings. The van der Waals surface area contributed by atoms with Gasteiger partial charge in [-0.3, -0.25) is 4.90 Å². The largest absolute Gasteiger partial charge is 0.296 e. The van der Waals surface area contributed by atoms with Crippen LogP contribution in [0.25, 0.3) is 0 Å². The minimum Gasteiger partial charge on any atom is -0.296 e. The van der Waals surface area contributed by atoms with Gasteiger partial charge in [0, 0.05) is 12.8 Å². The van der Waals surface area contributed by atoms with Crippen molar-refractivity contribution in [3.8, 4) is 0 Å². The highest BCUT2D eigenvalue weighted by Gasteiger charge is 2.43. The maximum absolute atomic E-state index is 12.0. The van der Waals surface area contributed by atoms with Gasteiger partial charge in [0.25, 0.3) is 0 Å². The van der Waals surface area contributed by atoms with Gasteiger partial charge in [-0.15, -0.1) is 0 Å². The van der Waals surface area contributed by atoms with E-state index in [4.69, 9.17) is 0 Å². The van der Waals surface area contributed by atoms with Crippen LogP contribution in [0.1, 0.15) is 46.5 Å². The minimum atomic E-state index is -1.12. The fraction of sp³-hybridized carbons (Fsp3) is 0.923. The van der Waals surface area contributed by atoms with Crippen molar-refractivity contribution in [3.63, 3.8) is 0 Å². The van der Waals surface area contributed by atoms with Crippen molar-refractivity contribution in [3.05, 3.63) is 0 Å². The molecule has 0 aromatic rings. The molecule has 1 unspecified atom stereocenters. The lowest BCUT2D eigenvalue weighted by Crippen LogP contribution is -2.57. The molecule has 1 aliphatic carbocycles. The van der Waals surface area contributed by atoms with Gasteiger partial charge in [0.05, 0.1) is 10.3 Å². The molecule has 4 heteroatoms. The highest BCUT2D eigenvalue weighted by Crippen LogP contribution is 2.41. The van der Waals surface area contributed by atoms with E-state index in [1.807, 2.05) is 27.0 Å². The Hall–Kier alpha value is -0.220. The van der Waals surface area contributed by atoms with E-state index in [0.29, 0.717) is 0 Å². The summed E-state index contributed by atoms with van der Waals surface area (Å²) in [7, 11) is 1.06. The number of piperidine rings is 2. The molecule has 3 rings (SSSR count). The Morgan fingerprint density at radius 2 is 1.94 bits per heavy atom. The van der Waals surface area contributed by atoms with Crippen LogP contribution in [-0.4, -0.2) is 39.2 Å². The quantitative estimate of drug-likeness (QED) is 0.711. The van der Waals surface area contributed by atoms with Crippen LogP contribution in [0.15, 0.2) is 4.40 Å². The highest BCUT2D eigenvalue weighted by molar-refractivity contribution is 7.85. The molecule has 0 spiro atoms. The summed E-state index contributed by atoms with van der Waals surface area (Å²) in [5, 5.41) is 0. The topological polar surface area (TPSA) is 32.7 Å². The molecule has 3 aliphatic rings. The van der Waals surface area contributed by atoms with Crippen molar-refractivity contribution in [2.75, 3.05) is 13.6 Å². The molecule has 17 heavy (non-hydrogen) atoms. The maximum atomic E-state index is 12.0. The summed E-state index contributed by atoms with van der Waals surface area (Å²) in [6, 6.07) is 0. The Kier molecular flexibility index (Phi) is 3.47. The van der Waals surface area contributed by atoms with Gasteiger partial charge in [0.2, 0.25) is 0 Å². The summed E-state index contributed by atoms with van der Waals surface area (Å²) in [5.74, 6) is 0.878. The van der Waals surface area contributed by atoms with E-state index in [1.165, 1.54) is 32.2 Å². The van der Waals surface area contributed by atoms with Crippen LogP contribution in [0.2, 0.25) is 0 Å². The number of hydrogen-bond acceptors (Lipinski definition) is 2. The Morgan fingerprint density at radius 1 is 1.35 bits per heavy atom. The van der Waals surface area contributed by atoms with Crippen molar-refractivity contribution in [2.24, 2.45) is 10.3 Å². The van der Waals surface area contributed by atoms with Gasteiger partial charge in [-0.05, 0) is 59.4 Å². The molecular formula is C13H24N2OS. The van der Waals surface area contributed by atoms with Crippen LogP contribution in [0.5, 0.6) is 0 Å². The van der Waals surface area contributed by atoms with E-state index in [-0.39, 0.29) is 10.3 Å². The van der Waals surface area contributed by atoms with Crippen molar-refractivity contribution in [1.82, 2.24) is 4.90 Å². The summed E-state index contributed by atoms with van der Waals surface area (Å²) >= 11 is 0. The van der Waals surface area contributed by atoms with Gasteiger partial charge in [-0.2, -0.15) is 4.40 Å². The first-order valence-corrected chi connectivity index (χ1v) is 7.63. The number of fused-ring (bicyclic) bond motifs is 3. The lowest BCUT2D eigenvalue weighted by Gasteiger charge is -2.51. The smallest absolute Gasteiger partial charge is 0.144 e. The summed E-state index contributed by atoms with van der Waals surface area (Å²) < 4.78 is 16.1. The molecule has 3 nitrogen and oxygen atoms in total. The van der Waals surface area contributed by atoms with Crippen molar-refractivity contribution >= 4 is 17.2 Å². The molecule has 1 saturated carbocycles. The fourth-order valence-electron chi connectivity index (χ4n) is 2.84. The average molecular weight is 256 g/mol. The third-order valence-electron chi connectivity index (χ3n) is 4.18. The van der Waals surface area contributed by atoms with Crippen LogP contribution >= 0.6 is 0 Å². The van der Waals surface area contributed by atoms with E-state index in [1.54, 1.807) is 0 Å². The summed E-state index contributed by atoms with van der Waals surface area (Å²) in [4.78, 5) is 2.41. The molecule has 0 aromatic heterocycles. The second-order valence-corrected chi connectivity index (χ2v) is 8.46. The molecule has 1 atom stereocenters. The van der Waals surface area contributed by atoms with Crippen LogP contribution in [0.3, 0.4) is 0 Å². The van der Waals surface area contributed by atoms with Crippen molar-refractivity contribution in [1.29, 1.82) is 0 Å². The van der Waals surface area contributed by atoms with Crippen LogP contribution in [-0.2, 0) is 11.0 Å². The zero-order valence-corrected chi connectivity index (χ0v) is 12.2. The molecule has 2 aliphatic heterocycles. The predicted molar refractivity (Wildman–Crippen MR) is 73.7 cm³/mol. The molecule has 2 saturated heterocycles. The number of rotatable bonds is 2. The highest BCUT2D eigenvalue weighted by atomic mass is 32.2. The second-order valence-electron chi connectivity index (χ2n) is 6.52. The molecule has 0 aromatic carbocycles. The third kappa shape index (κ3) is 2.63. The molecule has 2 heterocycles. The van der Waals surface area contributed by atoms with E-state index in [2.05, 4.69) is 16.3 Å². The lowest BCUT2D eigenvalue weighted by atomic mass is 9.71. The second kappa shape index (κ2) is 4.47. The monoisotopic (exact) mass is 256 g/mol. The normalized spacial score (nSPS) is 36.6. The molecule has 0 radical (unpaired) electrons. The van der Waals surface area contributed by atoms with E-state index >= 15 is 0 Å². The van der Waals surface area contributed by atoms with Crippen molar-refractivity contribution < 1.29 is 4.21 Å². The molecular weight excluding hydrogens is 232 g/mol. The minimum absolute atomic E-state index is 0.0929. The van der Waals surface area contributed by atoms with Crippen LogP contribution in [0, 0.1) is 5.92 Å². The SMILES string of the molecule is CN1CC2CCC1(/C=N/S(=O)C(C)(C)C)CC2. The first-order valence-electron chi connectivity index (χ1n) is 6.52. The van der Waals surface area contributed by atoms with Gasteiger partial charge in [-0.1, -0.05) is 0 Å². The molecule has 2 bridgehead atoms. The lowest BCUT2D eigenvalue weighted by molar-refractivity contribution is 0.0359. The Bertz CT molecular complexity index is 338. The first-order chi connectivity index (χ1) is 7.83. The first kappa shape index (κ1) is 13.2. The number of hydrogen-bond donors (Lipinski definition) is 0.